The average molecular weight is 251 g/mol. The summed E-state index contributed by atoms with van der Waals surface area (Å²) >= 11 is 3.47. The monoisotopic (exact) mass is 250 g/mol. The Balaban J connectivity index is 2.30. The van der Waals surface area contributed by atoms with E-state index >= 15 is 0 Å². The maximum Gasteiger partial charge on any atom is 0.184 e. The van der Waals surface area contributed by atoms with E-state index in [2.05, 4.69) is 35.6 Å². The van der Waals surface area contributed by atoms with E-state index in [-0.39, 0.29) is 0 Å². The summed E-state index contributed by atoms with van der Waals surface area (Å²) in [6.07, 6.45) is 5.10. The lowest BCUT2D eigenvalue weighted by molar-refractivity contribution is 0.160. The van der Waals surface area contributed by atoms with Crippen LogP contribution in [0.15, 0.2) is 0 Å². The zero-order chi connectivity index (χ0) is 9.24. The first-order valence-corrected chi connectivity index (χ1v) is 9.27. The second kappa shape index (κ2) is 3.80. The number of halogens is 1. The normalized spacial score (nSPS) is 21.0. The fourth-order valence-corrected chi connectivity index (χ4v) is 3.47. The first-order valence-electron chi connectivity index (χ1n) is 4.74. The Morgan fingerprint density at radius 3 is 2.25 bits per heavy atom. The Morgan fingerprint density at radius 1 is 1.33 bits per heavy atom. The molecule has 0 spiro atoms. The van der Waals surface area contributed by atoms with Crippen LogP contribution in [0.2, 0.25) is 19.6 Å². The number of alkyl halides is 1. The van der Waals surface area contributed by atoms with Gasteiger partial charge in [-0.2, -0.15) is 0 Å². The molecule has 0 aliphatic heterocycles. The van der Waals surface area contributed by atoms with Crippen molar-refractivity contribution in [3.63, 3.8) is 0 Å². The molecule has 1 saturated carbocycles. The van der Waals surface area contributed by atoms with E-state index in [1.165, 1.54) is 25.7 Å². The molecule has 0 unspecified atom stereocenters. The van der Waals surface area contributed by atoms with Crippen molar-refractivity contribution in [2.24, 2.45) is 0 Å². The SMILES string of the molecule is C[Si](C)(C)OC1(CCCBr)CC1. The Labute approximate surface area is 85.1 Å². The van der Waals surface area contributed by atoms with Gasteiger partial charge in [0.15, 0.2) is 8.32 Å². The summed E-state index contributed by atoms with van der Waals surface area (Å²) in [5.41, 5.74) is 0.318. The fourth-order valence-electron chi connectivity index (χ4n) is 1.58. The zero-order valence-electron chi connectivity index (χ0n) is 8.32. The van der Waals surface area contributed by atoms with Gasteiger partial charge in [0, 0.05) is 5.33 Å². The van der Waals surface area contributed by atoms with Gasteiger partial charge in [-0.15, -0.1) is 0 Å². The van der Waals surface area contributed by atoms with Gasteiger partial charge >= 0.3 is 0 Å². The summed E-state index contributed by atoms with van der Waals surface area (Å²) in [6, 6.07) is 0. The highest BCUT2D eigenvalue weighted by molar-refractivity contribution is 9.09. The average Bonchev–Trinajstić information content (AvgIpc) is 2.62. The highest BCUT2D eigenvalue weighted by Crippen LogP contribution is 2.45. The van der Waals surface area contributed by atoms with Gasteiger partial charge in [0.25, 0.3) is 0 Å². The van der Waals surface area contributed by atoms with Gasteiger partial charge in [0.1, 0.15) is 0 Å². The molecule has 0 atom stereocenters. The molecule has 1 nitrogen and oxygen atoms in total. The molecule has 1 rings (SSSR count). The second-order valence-corrected chi connectivity index (χ2v) is 9.91. The van der Waals surface area contributed by atoms with Crippen LogP contribution in [0.5, 0.6) is 0 Å². The Hall–Kier alpha value is 0.657. The molecule has 0 radical (unpaired) electrons. The third-order valence-electron chi connectivity index (χ3n) is 2.10. The first-order chi connectivity index (χ1) is 5.47. The van der Waals surface area contributed by atoms with Gasteiger partial charge in [0.05, 0.1) is 5.60 Å². The van der Waals surface area contributed by atoms with E-state index in [1.807, 2.05) is 0 Å². The minimum Gasteiger partial charge on any atom is -0.412 e. The van der Waals surface area contributed by atoms with Crippen LogP contribution in [-0.2, 0) is 4.43 Å². The van der Waals surface area contributed by atoms with Crippen molar-refractivity contribution in [1.29, 1.82) is 0 Å². The van der Waals surface area contributed by atoms with Crippen LogP contribution in [0.1, 0.15) is 25.7 Å². The molecule has 1 aliphatic rings. The molecule has 0 aromatic carbocycles. The molecule has 0 N–H and O–H groups in total. The van der Waals surface area contributed by atoms with Crippen molar-refractivity contribution in [1.82, 2.24) is 0 Å². The van der Waals surface area contributed by atoms with Crippen molar-refractivity contribution in [2.45, 2.75) is 50.9 Å². The Morgan fingerprint density at radius 2 is 1.92 bits per heavy atom. The van der Waals surface area contributed by atoms with Crippen molar-refractivity contribution >= 4 is 24.2 Å². The van der Waals surface area contributed by atoms with Gasteiger partial charge in [-0.3, -0.25) is 0 Å². The predicted octanol–water partition coefficient (Wildman–Crippen LogP) is 3.55. The maximum atomic E-state index is 6.16. The van der Waals surface area contributed by atoms with Gasteiger partial charge in [-0.05, 0) is 45.3 Å². The molecule has 3 heteroatoms. The largest absolute Gasteiger partial charge is 0.412 e. The van der Waals surface area contributed by atoms with Crippen LogP contribution in [0.4, 0.5) is 0 Å². The summed E-state index contributed by atoms with van der Waals surface area (Å²) in [6.45, 7) is 6.84. The first kappa shape index (κ1) is 10.7. The molecule has 0 bridgehead atoms. The van der Waals surface area contributed by atoms with Gasteiger partial charge in [0.2, 0.25) is 0 Å². The van der Waals surface area contributed by atoms with Gasteiger partial charge in [-0.1, -0.05) is 15.9 Å². The number of rotatable bonds is 5. The van der Waals surface area contributed by atoms with Gasteiger partial charge in [-0.25, -0.2) is 0 Å². The third-order valence-corrected chi connectivity index (χ3v) is 3.70. The van der Waals surface area contributed by atoms with E-state index < -0.39 is 8.32 Å². The highest BCUT2D eigenvalue weighted by Gasteiger charge is 2.45. The van der Waals surface area contributed by atoms with Crippen LogP contribution >= 0.6 is 15.9 Å². The summed E-state index contributed by atoms with van der Waals surface area (Å²) in [5.74, 6) is 0. The van der Waals surface area contributed by atoms with Crippen molar-refractivity contribution < 1.29 is 4.43 Å². The molecule has 0 heterocycles. The van der Waals surface area contributed by atoms with E-state index in [1.54, 1.807) is 0 Å². The minimum atomic E-state index is -1.30. The van der Waals surface area contributed by atoms with E-state index in [9.17, 15) is 0 Å². The molecule has 0 aromatic rings. The molecule has 1 fully saturated rings. The van der Waals surface area contributed by atoms with E-state index in [0.29, 0.717) is 5.60 Å². The predicted molar refractivity (Wildman–Crippen MR) is 59.4 cm³/mol. The molecular weight excluding hydrogens is 232 g/mol. The smallest absolute Gasteiger partial charge is 0.184 e. The van der Waals surface area contributed by atoms with Crippen LogP contribution in [0, 0.1) is 0 Å². The van der Waals surface area contributed by atoms with Crippen molar-refractivity contribution in [3.05, 3.63) is 0 Å². The Bertz CT molecular complexity index is 149. The lowest BCUT2D eigenvalue weighted by atomic mass is 10.2. The summed E-state index contributed by atoms with van der Waals surface area (Å²) in [4.78, 5) is 0. The fraction of sp³-hybridized carbons (Fsp3) is 1.00. The van der Waals surface area contributed by atoms with Crippen LogP contribution < -0.4 is 0 Å². The number of hydrogen-bond donors (Lipinski definition) is 0. The molecule has 72 valence electrons. The molecule has 0 saturated heterocycles. The van der Waals surface area contributed by atoms with Crippen molar-refractivity contribution in [3.8, 4) is 0 Å². The molecule has 1 aliphatic carbocycles. The topological polar surface area (TPSA) is 9.23 Å². The zero-order valence-corrected chi connectivity index (χ0v) is 10.9. The minimum absolute atomic E-state index is 0.318. The van der Waals surface area contributed by atoms with Crippen LogP contribution in [0.3, 0.4) is 0 Å². The van der Waals surface area contributed by atoms with E-state index in [4.69, 9.17) is 4.43 Å². The Kier molecular flexibility index (Phi) is 3.40. The molecule has 0 aromatic heterocycles. The molecule has 12 heavy (non-hydrogen) atoms. The lowest BCUT2D eigenvalue weighted by Gasteiger charge is -2.26. The van der Waals surface area contributed by atoms with Gasteiger partial charge < -0.3 is 4.43 Å². The quantitative estimate of drug-likeness (QED) is 0.536. The maximum absolute atomic E-state index is 6.16. The van der Waals surface area contributed by atoms with Crippen LogP contribution in [-0.4, -0.2) is 19.2 Å². The summed E-state index contributed by atoms with van der Waals surface area (Å²) in [7, 11) is -1.30. The second-order valence-electron chi connectivity index (χ2n) is 4.69. The van der Waals surface area contributed by atoms with Crippen LogP contribution in [0.25, 0.3) is 0 Å². The molecule has 0 amide bonds. The number of hydrogen-bond acceptors (Lipinski definition) is 1. The lowest BCUT2D eigenvalue weighted by Crippen LogP contribution is -2.33. The summed E-state index contributed by atoms with van der Waals surface area (Å²) in [5, 5.41) is 1.11. The van der Waals surface area contributed by atoms with E-state index in [0.717, 1.165) is 5.33 Å². The standard InChI is InChI=1S/C9H19BrOSi/c1-12(2,3)11-9(6-7-9)5-4-8-10/h4-8H2,1-3H3. The highest BCUT2D eigenvalue weighted by atomic mass is 79.9. The molecular formula is C9H19BrOSi. The summed E-state index contributed by atoms with van der Waals surface area (Å²) < 4.78 is 6.16. The van der Waals surface area contributed by atoms with Crippen molar-refractivity contribution in [2.75, 3.05) is 5.33 Å². The third kappa shape index (κ3) is 3.58.